The molecule has 0 aromatic heterocycles. The number of nitro groups is 1. The van der Waals surface area contributed by atoms with Crippen LogP contribution in [0, 0.1) is 10.1 Å². The van der Waals surface area contributed by atoms with Crippen LogP contribution in [0.3, 0.4) is 0 Å². The Morgan fingerprint density at radius 1 is 1.47 bits per heavy atom. The Labute approximate surface area is 88.9 Å². The molecule has 0 atom stereocenters. The van der Waals surface area contributed by atoms with Crippen LogP contribution in [0.25, 0.3) is 0 Å². The molecule has 0 aliphatic heterocycles. The molecule has 5 heteroatoms. The zero-order chi connectivity index (χ0) is 11.3. The van der Waals surface area contributed by atoms with E-state index in [0.29, 0.717) is 5.69 Å². The molecule has 0 heterocycles. The Bertz CT molecular complexity index is 341. The minimum Gasteiger partial charge on any atom is -0.368 e. The summed E-state index contributed by atoms with van der Waals surface area (Å²) in [7, 11) is 3.70. The van der Waals surface area contributed by atoms with Gasteiger partial charge in [-0.3, -0.25) is 10.1 Å². The van der Waals surface area contributed by atoms with Gasteiger partial charge < -0.3 is 10.2 Å². The highest BCUT2D eigenvalue weighted by molar-refractivity contribution is 5.62. The zero-order valence-corrected chi connectivity index (χ0v) is 8.93. The molecule has 1 rings (SSSR count). The first-order valence-corrected chi connectivity index (χ1v) is 4.76. The van der Waals surface area contributed by atoms with Gasteiger partial charge in [0.05, 0.1) is 4.92 Å². The first-order valence-electron chi connectivity index (χ1n) is 4.76. The maximum Gasteiger partial charge on any atom is 0.292 e. The number of para-hydroxylation sites is 2. The number of likely N-dealkylation sites (N-methyl/N-ethyl adjacent to an activating group) is 2. The standard InChI is InChI=1S/C10H15N3O2/c1-11-7-8-12(2)9-5-3-4-6-10(9)13(14)15/h3-6,11H,7-8H2,1-2H3. The second kappa shape index (κ2) is 5.31. The van der Waals surface area contributed by atoms with E-state index in [4.69, 9.17) is 0 Å². The van der Waals surface area contributed by atoms with Crippen molar-refractivity contribution in [3.8, 4) is 0 Å². The van der Waals surface area contributed by atoms with Crippen LogP contribution in [-0.4, -0.2) is 32.1 Å². The molecule has 0 spiro atoms. The fraction of sp³-hybridized carbons (Fsp3) is 0.400. The molecule has 0 saturated heterocycles. The normalized spacial score (nSPS) is 10.0. The van der Waals surface area contributed by atoms with Crippen LogP contribution in [0.4, 0.5) is 11.4 Å². The van der Waals surface area contributed by atoms with Crippen molar-refractivity contribution in [3.05, 3.63) is 34.4 Å². The summed E-state index contributed by atoms with van der Waals surface area (Å²) in [4.78, 5) is 12.3. The largest absolute Gasteiger partial charge is 0.368 e. The summed E-state index contributed by atoms with van der Waals surface area (Å²) in [5, 5.41) is 13.8. The summed E-state index contributed by atoms with van der Waals surface area (Å²) < 4.78 is 0. The van der Waals surface area contributed by atoms with Crippen molar-refractivity contribution in [2.75, 3.05) is 32.1 Å². The number of anilines is 1. The number of rotatable bonds is 5. The second-order valence-corrected chi connectivity index (χ2v) is 3.27. The molecular formula is C10H15N3O2. The molecule has 0 saturated carbocycles. The fourth-order valence-electron chi connectivity index (χ4n) is 1.34. The summed E-state index contributed by atoms with van der Waals surface area (Å²) in [6.45, 7) is 1.53. The van der Waals surface area contributed by atoms with Gasteiger partial charge in [0.2, 0.25) is 0 Å². The first kappa shape index (κ1) is 11.5. The minimum atomic E-state index is -0.356. The van der Waals surface area contributed by atoms with E-state index in [9.17, 15) is 10.1 Å². The van der Waals surface area contributed by atoms with Crippen molar-refractivity contribution in [3.63, 3.8) is 0 Å². The fourth-order valence-corrected chi connectivity index (χ4v) is 1.34. The first-order chi connectivity index (χ1) is 7.16. The van der Waals surface area contributed by atoms with Gasteiger partial charge in [-0.2, -0.15) is 0 Å². The van der Waals surface area contributed by atoms with Gasteiger partial charge in [0.25, 0.3) is 5.69 Å². The van der Waals surface area contributed by atoms with Gasteiger partial charge in [-0.25, -0.2) is 0 Å². The van der Waals surface area contributed by atoms with Crippen molar-refractivity contribution >= 4 is 11.4 Å². The van der Waals surface area contributed by atoms with E-state index < -0.39 is 0 Å². The molecular weight excluding hydrogens is 194 g/mol. The van der Waals surface area contributed by atoms with Gasteiger partial charge in [0, 0.05) is 26.2 Å². The van der Waals surface area contributed by atoms with Crippen molar-refractivity contribution in [1.82, 2.24) is 5.32 Å². The van der Waals surface area contributed by atoms with Gasteiger partial charge in [-0.1, -0.05) is 12.1 Å². The van der Waals surface area contributed by atoms with Crippen molar-refractivity contribution < 1.29 is 4.92 Å². The summed E-state index contributed by atoms with van der Waals surface area (Å²) in [5.74, 6) is 0. The van der Waals surface area contributed by atoms with Crippen LogP contribution < -0.4 is 10.2 Å². The van der Waals surface area contributed by atoms with Crippen LogP contribution in [0.5, 0.6) is 0 Å². The maximum atomic E-state index is 10.8. The van der Waals surface area contributed by atoms with E-state index in [1.807, 2.05) is 19.0 Å². The van der Waals surface area contributed by atoms with E-state index in [2.05, 4.69) is 5.32 Å². The highest BCUT2D eigenvalue weighted by Crippen LogP contribution is 2.25. The van der Waals surface area contributed by atoms with Crippen molar-refractivity contribution in [2.24, 2.45) is 0 Å². The SMILES string of the molecule is CNCCN(C)c1ccccc1[N+](=O)[O-]. The van der Waals surface area contributed by atoms with Crippen LogP contribution in [0.1, 0.15) is 0 Å². The molecule has 1 aromatic rings. The third kappa shape index (κ3) is 2.92. The molecule has 0 fully saturated rings. The Hall–Kier alpha value is -1.62. The predicted molar refractivity (Wildman–Crippen MR) is 60.3 cm³/mol. The monoisotopic (exact) mass is 209 g/mol. The number of nitro benzene ring substituents is 1. The highest BCUT2D eigenvalue weighted by Gasteiger charge is 2.14. The molecule has 5 nitrogen and oxygen atoms in total. The van der Waals surface area contributed by atoms with Gasteiger partial charge in [-0.05, 0) is 13.1 Å². The number of nitrogens with zero attached hydrogens (tertiary/aromatic N) is 2. The summed E-state index contributed by atoms with van der Waals surface area (Å²) >= 11 is 0. The average Bonchev–Trinajstić information content (AvgIpc) is 2.25. The van der Waals surface area contributed by atoms with Crippen LogP contribution >= 0.6 is 0 Å². The van der Waals surface area contributed by atoms with Crippen LogP contribution in [-0.2, 0) is 0 Å². The predicted octanol–water partition coefficient (Wildman–Crippen LogP) is 1.25. The molecule has 0 amide bonds. The Morgan fingerprint density at radius 3 is 2.73 bits per heavy atom. The average molecular weight is 209 g/mol. The number of hydrogen-bond donors (Lipinski definition) is 1. The zero-order valence-electron chi connectivity index (χ0n) is 8.93. The molecule has 0 aliphatic carbocycles. The van der Waals surface area contributed by atoms with Gasteiger partial charge in [0.1, 0.15) is 5.69 Å². The molecule has 0 radical (unpaired) electrons. The van der Waals surface area contributed by atoms with E-state index in [0.717, 1.165) is 13.1 Å². The van der Waals surface area contributed by atoms with Crippen LogP contribution in [0.2, 0.25) is 0 Å². The summed E-state index contributed by atoms with van der Waals surface area (Å²) in [5.41, 5.74) is 0.800. The van der Waals surface area contributed by atoms with E-state index in [1.165, 1.54) is 6.07 Å². The maximum absolute atomic E-state index is 10.8. The highest BCUT2D eigenvalue weighted by atomic mass is 16.6. The molecule has 1 aromatic carbocycles. The second-order valence-electron chi connectivity index (χ2n) is 3.27. The molecule has 0 unspecified atom stereocenters. The quantitative estimate of drug-likeness (QED) is 0.585. The van der Waals surface area contributed by atoms with Crippen molar-refractivity contribution in [1.29, 1.82) is 0 Å². The van der Waals surface area contributed by atoms with Crippen molar-refractivity contribution in [2.45, 2.75) is 0 Å². The molecule has 82 valence electrons. The van der Waals surface area contributed by atoms with E-state index >= 15 is 0 Å². The molecule has 0 bridgehead atoms. The van der Waals surface area contributed by atoms with E-state index in [1.54, 1.807) is 18.2 Å². The smallest absolute Gasteiger partial charge is 0.292 e. The lowest BCUT2D eigenvalue weighted by Crippen LogP contribution is -2.27. The number of hydrogen-bond acceptors (Lipinski definition) is 4. The summed E-state index contributed by atoms with van der Waals surface area (Å²) in [6.07, 6.45) is 0. The third-order valence-corrected chi connectivity index (χ3v) is 2.19. The lowest BCUT2D eigenvalue weighted by Gasteiger charge is -2.18. The lowest BCUT2D eigenvalue weighted by atomic mass is 10.2. The number of nitrogens with one attached hydrogen (secondary N) is 1. The Morgan fingerprint density at radius 2 is 2.13 bits per heavy atom. The number of benzene rings is 1. The van der Waals surface area contributed by atoms with E-state index in [-0.39, 0.29) is 10.6 Å². The van der Waals surface area contributed by atoms with Gasteiger partial charge in [-0.15, -0.1) is 0 Å². The molecule has 1 N–H and O–H groups in total. The van der Waals surface area contributed by atoms with Gasteiger partial charge >= 0.3 is 0 Å². The summed E-state index contributed by atoms with van der Waals surface area (Å²) in [6, 6.07) is 6.75. The molecule has 15 heavy (non-hydrogen) atoms. The Balaban J connectivity index is 2.87. The Kier molecular flexibility index (Phi) is 4.05. The van der Waals surface area contributed by atoms with Gasteiger partial charge in [0.15, 0.2) is 0 Å². The molecule has 0 aliphatic rings. The minimum absolute atomic E-state index is 0.149. The van der Waals surface area contributed by atoms with Crippen LogP contribution in [0.15, 0.2) is 24.3 Å². The lowest BCUT2D eigenvalue weighted by molar-refractivity contribution is -0.384. The third-order valence-electron chi connectivity index (χ3n) is 2.19. The topological polar surface area (TPSA) is 58.4 Å².